The standard InChI is InChI=1S/C47H81O12P/c1-3-5-7-9-11-13-15-16-17-18-19-20-21-22-23-24-25-26-27-28-30-32-34-36-41(48)58-40(38-56-37-35-33-31-29-14-12-10-8-6-4-2)39-57-60(54,55)59-47-45(52)43(50)42(49)44(51)46(47)53/h5,7,11,13,16-17,19-20,22-23,25-26,40,42-47,49-53H,3-4,6,8-10,12,14-15,18,21,24,27-39H2,1-2H3,(H,54,55)/b7-5-,13-11-,17-16-,20-19-,23-22-,26-25-. The maximum absolute atomic E-state index is 12.8. The summed E-state index contributed by atoms with van der Waals surface area (Å²) in [5.74, 6) is -0.504. The fourth-order valence-corrected chi connectivity index (χ4v) is 7.45. The minimum Gasteiger partial charge on any atom is -0.457 e. The molecule has 1 aliphatic carbocycles. The molecule has 12 nitrogen and oxygen atoms in total. The number of rotatable bonds is 37. The van der Waals surface area contributed by atoms with Crippen LogP contribution in [0.3, 0.4) is 0 Å². The fraction of sp³-hybridized carbons (Fsp3) is 0.723. The molecule has 0 amide bonds. The predicted molar refractivity (Wildman–Crippen MR) is 239 cm³/mol. The first-order valence-corrected chi connectivity index (χ1v) is 24.3. The van der Waals surface area contributed by atoms with Crippen LogP contribution in [0, 0.1) is 0 Å². The molecule has 60 heavy (non-hydrogen) atoms. The summed E-state index contributed by atoms with van der Waals surface area (Å²) in [5, 5.41) is 50.1. The van der Waals surface area contributed by atoms with Crippen LogP contribution >= 0.6 is 7.82 Å². The van der Waals surface area contributed by atoms with Crippen LogP contribution in [0.1, 0.15) is 155 Å². The number of phosphoric acid groups is 1. The van der Waals surface area contributed by atoms with Crippen LogP contribution in [0.4, 0.5) is 0 Å². The van der Waals surface area contributed by atoms with Crippen molar-refractivity contribution in [3.63, 3.8) is 0 Å². The van der Waals surface area contributed by atoms with Gasteiger partial charge in [0, 0.05) is 13.0 Å². The van der Waals surface area contributed by atoms with Crippen LogP contribution in [0.25, 0.3) is 0 Å². The molecule has 0 bridgehead atoms. The summed E-state index contributed by atoms with van der Waals surface area (Å²) in [7, 11) is -5.02. The summed E-state index contributed by atoms with van der Waals surface area (Å²) < 4.78 is 34.1. The molecule has 0 aromatic heterocycles. The number of unbranched alkanes of at least 4 members (excludes halogenated alkanes) is 13. The Morgan fingerprint density at radius 1 is 0.550 bits per heavy atom. The molecule has 0 aliphatic heterocycles. The lowest BCUT2D eigenvalue weighted by Crippen LogP contribution is -2.64. The van der Waals surface area contributed by atoms with E-state index >= 15 is 0 Å². The third kappa shape index (κ3) is 29.1. The Morgan fingerprint density at radius 3 is 1.50 bits per heavy atom. The van der Waals surface area contributed by atoms with Gasteiger partial charge in [0.1, 0.15) is 42.7 Å². The number of hydrogen-bond acceptors (Lipinski definition) is 11. The second-order valence-corrected chi connectivity index (χ2v) is 16.9. The lowest BCUT2D eigenvalue weighted by Gasteiger charge is -2.41. The molecule has 0 radical (unpaired) electrons. The number of hydrogen-bond donors (Lipinski definition) is 6. The topological polar surface area (TPSA) is 192 Å². The van der Waals surface area contributed by atoms with E-state index in [1.807, 2.05) is 0 Å². The third-order valence-corrected chi connectivity index (χ3v) is 11.1. The molecule has 13 heteroatoms. The van der Waals surface area contributed by atoms with Crippen molar-refractivity contribution in [1.82, 2.24) is 0 Å². The van der Waals surface area contributed by atoms with E-state index in [9.17, 15) is 39.8 Å². The summed E-state index contributed by atoms with van der Waals surface area (Å²) in [4.78, 5) is 23.1. The zero-order valence-electron chi connectivity index (χ0n) is 36.7. The van der Waals surface area contributed by atoms with Crippen molar-refractivity contribution in [1.29, 1.82) is 0 Å². The number of carbonyl (C=O) groups is 1. The highest BCUT2D eigenvalue weighted by Crippen LogP contribution is 2.47. The summed E-state index contributed by atoms with van der Waals surface area (Å²) in [6.45, 7) is 4.08. The van der Waals surface area contributed by atoms with E-state index in [0.29, 0.717) is 13.0 Å². The first-order chi connectivity index (χ1) is 29.0. The van der Waals surface area contributed by atoms with E-state index in [2.05, 4.69) is 86.8 Å². The van der Waals surface area contributed by atoms with Crippen LogP contribution in [0.2, 0.25) is 0 Å². The largest absolute Gasteiger partial charge is 0.472 e. The van der Waals surface area contributed by atoms with Gasteiger partial charge in [-0.3, -0.25) is 13.8 Å². The SMILES string of the molecule is CC/C=C\C/C=C\C/C=C\C/C=C\C/C=C\C/C=C\CCCCCCC(=O)OC(COCCCCCCCCCCCC)COP(=O)(O)OC1C(O)C(O)C(O)C(O)C1O. The molecule has 1 rings (SSSR count). The Bertz CT molecular complexity index is 1260. The number of phosphoric ester groups is 1. The van der Waals surface area contributed by atoms with Crippen molar-refractivity contribution in [2.45, 2.75) is 198 Å². The molecular formula is C47H81O12P. The first kappa shape index (κ1) is 55.8. The molecule has 0 spiro atoms. The van der Waals surface area contributed by atoms with Gasteiger partial charge in [-0.25, -0.2) is 4.57 Å². The second kappa shape index (κ2) is 37.3. The number of esters is 1. The van der Waals surface area contributed by atoms with Crippen molar-refractivity contribution < 1.29 is 58.3 Å². The molecule has 1 fully saturated rings. The Kier molecular flexibility index (Phi) is 34.7. The van der Waals surface area contributed by atoms with Crippen LogP contribution < -0.4 is 0 Å². The normalized spacial score (nSPS) is 23.0. The van der Waals surface area contributed by atoms with Gasteiger partial charge < -0.3 is 39.9 Å². The number of carbonyl (C=O) groups excluding carboxylic acids is 1. The minimum atomic E-state index is -5.02. The zero-order valence-corrected chi connectivity index (χ0v) is 37.6. The second-order valence-electron chi connectivity index (χ2n) is 15.5. The van der Waals surface area contributed by atoms with E-state index in [4.69, 9.17) is 18.5 Å². The molecular weight excluding hydrogens is 787 g/mol. The Balaban J connectivity index is 2.39. The highest BCUT2D eigenvalue weighted by Gasteiger charge is 2.51. The van der Waals surface area contributed by atoms with Gasteiger partial charge in [-0.1, -0.05) is 157 Å². The number of aliphatic hydroxyl groups excluding tert-OH is 5. The van der Waals surface area contributed by atoms with Gasteiger partial charge in [-0.2, -0.15) is 0 Å². The van der Waals surface area contributed by atoms with Gasteiger partial charge >= 0.3 is 13.8 Å². The van der Waals surface area contributed by atoms with Crippen LogP contribution in [-0.2, 0) is 27.9 Å². The Hall–Kier alpha value is -2.22. The summed E-state index contributed by atoms with van der Waals surface area (Å²) >= 11 is 0. The fourth-order valence-electron chi connectivity index (χ4n) is 6.48. The smallest absolute Gasteiger partial charge is 0.457 e. The zero-order chi connectivity index (χ0) is 44.1. The Labute approximate surface area is 361 Å². The van der Waals surface area contributed by atoms with Crippen molar-refractivity contribution in [3.8, 4) is 0 Å². The summed E-state index contributed by atoms with van der Waals surface area (Å²) in [6.07, 6.45) is 35.5. The maximum Gasteiger partial charge on any atom is 0.472 e. The molecule has 1 saturated carbocycles. The Morgan fingerprint density at radius 2 is 0.983 bits per heavy atom. The van der Waals surface area contributed by atoms with Crippen LogP contribution in [-0.4, -0.2) is 98.9 Å². The average Bonchev–Trinajstić information content (AvgIpc) is 3.23. The minimum absolute atomic E-state index is 0.0899. The van der Waals surface area contributed by atoms with Gasteiger partial charge in [0.25, 0.3) is 0 Å². The molecule has 0 aromatic carbocycles. The predicted octanol–water partition coefficient (Wildman–Crippen LogP) is 9.19. The van der Waals surface area contributed by atoms with Gasteiger partial charge in [-0.15, -0.1) is 0 Å². The van der Waals surface area contributed by atoms with E-state index < -0.39 is 63.1 Å². The van der Waals surface area contributed by atoms with Crippen LogP contribution in [0.15, 0.2) is 72.9 Å². The van der Waals surface area contributed by atoms with E-state index in [1.54, 1.807) is 0 Å². The molecule has 6 N–H and O–H groups in total. The highest BCUT2D eigenvalue weighted by molar-refractivity contribution is 7.47. The monoisotopic (exact) mass is 869 g/mol. The lowest BCUT2D eigenvalue weighted by molar-refractivity contribution is -0.220. The molecule has 6 atom stereocenters. The van der Waals surface area contributed by atoms with Gasteiger partial charge in [0.05, 0.1) is 13.2 Å². The summed E-state index contributed by atoms with van der Waals surface area (Å²) in [5.41, 5.74) is 0. The number of allylic oxidation sites excluding steroid dienone is 12. The van der Waals surface area contributed by atoms with Crippen molar-refractivity contribution >= 4 is 13.8 Å². The van der Waals surface area contributed by atoms with E-state index in [0.717, 1.165) is 83.5 Å². The molecule has 0 aromatic rings. The molecule has 0 saturated heterocycles. The van der Waals surface area contributed by atoms with E-state index in [1.165, 1.54) is 44.9 Å². The summed E-state index contributed by atoms with van der Waals surface area (Å²) in [6, 6.07) is 0. The quantitative estimate of drug-likeness (QED) is 0.0150. The van der Waals surface area contributed by atoms with Gasteiger partial charge in [-0.05, 0) is 64.2 Å². The third-order valence-electron chi connectivity index (χ3n) is 10.1. The molecule has 1 aliphatic rings. The van der Waals surface area contributed by atoms with Crippen molar-refractivity contribution in [3.05, 3.63) is 72.9 Å². The van der Waals surface area contributed by atoms with Crippen molar-refractivity contribution in [2.24, 2.45) is 0 Å². The average molecular weight is 869 g/mol. The molecule has 346 valence electrons. The first-order valence-electron chi connectivity index (χ1n) is 22.8. The molecule has 6 unspecified atom stereocenters. The van der Waals surface area contributed by atoms with Gasteiger partial charge in [0.2, 0.25) is 0 Å². The van der Waals surface area contributed by atoms with E-state index in [-0.39, 0.29) is 13.0 Å². The lowest BCUT2D eigenvalue weighted by atomic mass is 9.85. The van der Waals surface area contributed by atoms with Crippen LogP contribution in [0.5, 0.6) is 0 Å². The number of ether oxygens (including phenoxy) is 2. The van der Waals surface area contributed by atoms with Crippen molar-refractivity contribution in [2.75, 3.05) is 19.8 Å². The highest BCUT2D eigenvalue weighted by atomic mass is 31.2. The number of aliphatic hydroxyl groups is 5. The molecule has 0 heterocycles. The van der Waals surface area contributed by atoms with Gasteiger partial charge in [0.15, 0.2) is 0 Å². The maximum atomic E-state index is 12.8.